The molecular weight excluding hydrogens is 210 g/mol. The molecular formula is C14H13N3. The number of anilines is 2. The van der Waals surface area contributed by atoms with Crippen LogP contribution in [0.25, 0.3) is 0 Å². The van der Waals surface area contributed by atoms with Crippen LogP contribution in [0.2, 0.25) is 0 Å². The molecule has 0 amide bonds. The second-order valence-electron chi connectivity index (χ2n) is 3.72. The second kappa shape index (κ2) is 5.15. The zero-order valence-electron chi connectivity index (χ0n) is 9.35. The van der Waals surface area contributed by atoms with Gasteiger partial charge in [0.1, 0.15) is 0 Å². The van der Waals surface area contributed by atoms with Gasteiger partial charge in [0.05, 0.1) is 11.6 Å². The van der Waals surface area contributed by atoms with Gasteiger partial charge in [-0.05, 0) is 42.0 Å². The van der Waals surface area contributed by atoms with Gasteiger partial charge in [0, 0.05) is 17.9 Å². The number of rotatable bonds is 3. The molecule has 17 heavy (non-hydrogen) atoms. The molecule has 0 unspecified atom stereocenters. The Morgan fingerprint density at radius 2 is 1.82 bits per heavy atom. The van der Waals surface area contributed by atoms with E-state index in [0.717, 1.165) is 16.9 Å². The molecule has 0 aliphatic rings. The third kappa shape index (κ3) is 2.83. The Kier molecular flexibility index (Phi) is 3.39. The minimum absolute atomic E-state index is 0.531. The maximum Gasteiger partial charge on any atom is 0.0991 e. The van der Waals surface area contributed by atoms with Gasteiger partial charge in [0.15, 0.2) is 0 Å². The summed E-state index contributed by atoms with van der Waals surface area (Å²) in [4.78, 5) is 0. The Bertz CT molecular complexity index is 538. The van der Waals surface area contributed by atoms with Crippen LogP contribution in [0.4, 0.5) is 11.4 Å². The molecule has 0 aliphatic carbocycles. The fraction of sp³-hybridized carbons (Fsp3) is 0.0714. The van der Waals surface area contributed by atoms with E-state index in [1.165, 1.54) is 0 Å². The van der Waals surface area contributed by atoms with Crippen molar-refractivity contribution >= 4 is 11.4 Å². The Balaban J connectivity index is 2.16. The number of nitriles is 1. The van der Waals surface area contributed by atoms with Crippen molar-refractivity contribution in [2.45, 2.75) is 6.54 Å². The highest BCUT2D eigenvalue weighted by molar-refractivity contribution is 5.61. The van der Waals surface area contributed by atoms with E-state index < -0.39 is 0 Å². The van der Waals surface area contributed by atoms with Gasteiger partial charge in [-0.2, -0.15) is 5.26 Å². The second-order valence-corrected chi connectivity index (χ2v) is 3.72. The van der Waals surface area contributed by atoms with Crippen molar-refractivity contribution in [3.05, 3.63) is 59.7 Å². The zero-order valence-corrected chi connectivity index (χ0v) is 9.35. The monoisotopic (exact) mass is 223 g/mol. The van der Waals surface area contributed by atoms with Crippen molar-refractivity contribution in [1.29, 1.82) is 5.26 Å². The van der Waals surface area contributed by atoms with Crippen molar-refractivity contribution in [2.24, 2.45) is 5.73 Å². The summed E-state index contributed by atoms with van der Waals surface area (Å²) in [5.41, 5.74) is 9.29. The van der Waals surface area contributed by atoms with Crippen molar-refractivity contribution in [1.82, 2.24) is 0 Å². The van der Waals surface area contributed by atoms with Gasteiger partial charge in [-0.3, -0.25) is 0 Å². The standard InChI is InChI=1S/C14H13N3/c15-9-11-4-6-13(7-5-11)17-14-3-1-2-12(8-14)10-16/h1-8,17H,10,16H2. The molecule has 0 atom stereocenters. The van der Waals surface area contributed by atoms with Gasteiger partial charge in [0.25, 0.3) is 0 Å². The molecule has 2 aromatic rings. The van der Waals surface area contributed by atoms with Crippen molar-refractivity contribution in [2.75, 3.05) is 5.32 Å². The summed E-state index contributed by atoms with van der Waals surface area (Å²) in [5, 5.41) is 12.0. The normalized spacial score (nSPS) is 9.65. The highest BCUT2D eigenvalue weighted by atomic mass is 14.9. The topological polar surface area (TPSA) is 61.8 Å². The van der Waals surface area contributed by atoms with E-state index in [1.54, 1.807) is 12.1 Å². The number of hydrogen-bond donors (Lipinski definition) is 2. The van der Waals surface area contributed by atoms with E-state index in [1.807, 2.05) is 36.4 Å². The van der Waals surface area contributed by atoms with E-state index in [-0.39, 0.29) is 0 Å². The molecule has 0 saturated carbocycles. The summed E-state index contributed by atoms with van der Waals surface area (Å²) in [6, 6.07) is 17.4. The third-order valence-electron chi connectivity index (χ3n) is 2.47. The van der Waals surface area contributed by atoms with Crippen LogP contribution in [0, 0.1) is 11.3 Å². The number of nitrogens with one attached hydrogen (secondary N) is 1. The van der Waals surface area contributed by atoms with Crippen LogP contribution in [-0.2, 0) is 6.54 Å². The van der Waals surface area contributed by atoms with E-state index in [4.69, 9.17) is 11.0 Å². The first kappa shape index (κ1) is 11.2. The van der Waals surface area contributed by atoms with Crippen LogP contribution >= 0.6 is 0 Å². The zero-order chi connectivity index (χ0) is 12.1. The average Bonchev–Trinajstić information content (AvgIpc) is 2.40. The molecule has 0 aliphatic heterocycles. The summed E-state index contributed by atoms with van der Waals surface area (Å²) in [6.07, 6.45) is 0. The van der Waals surface area contributed by atoms with Crippen LogP contribution < -0.4 is 11.1 Å². The van der Waals surface area contributed by atoms with Crippen LogP contribution in [-0.4, -0.2) is 0 Å². The van der Waals surface area contributed by atoms with Crippen molar-refractivity contribution < 1.29 is 0 Å². The molecule has 3 nitrogen and oxygen atoms in total. The molecule has 84 valence electrons. The van der Waals surface area contributed by atoms with Gasteiger partial charge in [0.2, 0.25) is 0 Å². The summed E-state index contributed by atoms with van der Waals surface area (Å²) in [5.74, 6) is 0. The molecule has 0 fully saturated rings. The molecule has 0 aromatic heterocycles. The smallest absolute Gasteiger partial charge is 0.0991 e. The van der Waals surface area contributed by atoms with Gasteiger partial charge >= 0.3 is 0 Å². The lowest BCUT2D eigenvalue weighted by atomic mass is 10.2. The van der Waals surface area contributed by atoms with Gasteiger partial charge in [-0.15, -0.1) is 0 Å². The highest BCUT2D eigenvalue weighted by Gasteiger charge is 1.96. The quantitative estimate of drug-likeness (QED) is 0.841. The Morgan fingerprint density at radius 3 is 2.47 bits per heavy atom. The lowest BCUT2D eigenvalue weighted by Crippen LogP contribution is -1.97. The van der Waals surface area contributed by atoms with Crippen LogP contribution in [0.3, 0.4) is 0 Å². The molecule has 2 aromatic carbocycles. The molecule has 0 radical (unpaired) electrons. The fourth-order valence-electron chi connectivity index (χ4n) is 1.57. The molecule has 0 heterocycles. The summed E-state index contributed by atoms with van der Waals surface area (Å²) >= 11 is 0. The first-order valence-electron chi connectivity index (χ1n) is 5.38. The number of hydrogen-bond acceptors (Lipinski definition) is 3. The predicted octanol–water partition coefficient (Wildman–Crippen LogP) is 2.76. The van der Waals surface area contributed by atoms with Crippen molar-refractivity contribution in [3.63, 3.8) is 0 Å². The van der Waals surface area contributed by atoms with Gasteiger partial charge in [-0.25, -0.2) is 0 Å². The largest absolute Gasteiger partial charge is 0.356 e. The number of benzene rings is 2. The molecule has 0 saturated heterocycles. The number of nitrogens with zero attached hydrogens (tertiary/aromatic N) is 1. The lowest BCUT2D eigenvalue weighted by Gasteiger charge is -2.07. The minimum Gasteiger partial charge on any atom is -0.356 e. The van der Waals surface area contributed by atoms with Gasteiger partial charge in [-0.1, -0.05) is 12.1 Å². The van der Waals surface area contributed by atoms with Crippen molar-refractivity contribution in [3.8, 4) is 6.07 Å². The highest BCUT2D eigenvalue weighted by Crippen LogP contribution is 2.17. The summed E-state index contributed by atoms with van der Waals surface area (Å²) < 4.78 is 0. The van der Waals surface area contributed by atoms with Crippen LogP contribution in [0.15, 0.2) is 48.5 Å². The van der Waals surface area contributed by atoms with E-state index in [0.29, 0.717) is 12.1 Å². The summed E-state index contributed by atoms with van der Waals surface area (Å²) in [7, 11) is 0. The lowest BCUT2D eigenvalue weighted by molar-refractivity contribution is 1.07. The molecule has 2 rings (SSSR count). The third-order valence-corrected chi connectivity index (χ3v) is 2.47. The van der Waals surface area contributed by atoms with E-state index in [9.17, 15) is 0 Å². The molecule has 3 N–H and O–H groups in total. The first-order chi connectivity index (χ1) is 8.31. The Hall–Kier alpha value is -2.31. The van der Waals surface area contributed by atoms with Crippen LogP contribution in [0.1, 0.15) is 11.1 Å². The molecule has 0 spiro atoms. The first-order valence-corrected chi connectivity index (χ1v) is 5.38. The predicted molar refractivity (Wildman–Crippen MR) is 68.8 cm³/mol. The molecule has 0 bridgehead atoms. The SMILES string of the molecule is N#Cc1ccc(Nc2cccc(CN)c2)cc1. The van der Waals surface area contributed by atoms with Gasteiger partial charge < -0.3 is 11.1 Å². The maximum atomic E-state index is 8.70. The minimum atomic E-state index is 0.531. The van der Waals surface area contributed by atoms with Crippen LogP contribution in [0.5, 0.6) is 0 Å². The van der Waals surface area contributed by atoms with E-state index in [2.05, 4.69) is 11.4 Å². The summed E-state index contributed by atoms with van der Waals surface area (Å²) in [6.45, 7) is 0.531. The Labute approximate surface area is 101 Å². The molecule has 3 heteroatoms. The average molecular weight is 223 g/mol. The maximum absolute atomic E-state index is 8.70. The number of nitrogens with two attached hydrogens (primary N) is 1. The Morgan fingerprint density at radius 1 is 1.06 bits per heavy atom. The fourth-order valence-corrected chi connectivity index (χ4v) is 1.57. The van der Waals surface area contributed by atoms with E-state index >= 15 is 0 Å².